The standard InChI is InChI=1S/C14H18F3N3O/c1-20-4-2-11(3-5-20)19-13-7-10(14(15,16)17)6-12(8-13)18-9-21/h6-9,11,19H,2-5H2,1H3,(H,18,21). The molecule has 0 spiro atoms. The van der Waals surface area contributed by atoms with Gasteiger partial charge in [0.2, 0.25) is 6.41 Å². The number of piperidine rings is 1. The van der Waals surface area contributed by atoms with Crippen LogP contribution >= 0.6 is 0 Å². The zero-order valence-electron chi connectivity index (χ0n) is 11.7. The van der Waals surface area contributed by atoms with E-state index in [-0.39, 0.29) is 11.7 Å². The summed E-state index contributed by atoms with van der Waals surface area (Å²) in [5, 5.41) is 5.41. The van der Waals surface area contributed by atoms with Crippen molar-refractivity contribution in [2.24, 2.45) is 0 Å². The number of rotatable bonds is 4. The lowest BCUT2D eigenvalue weighted by Crippen LogP contribution is -2.36. The summed E-state index contributed by atoms with van der Waals surface area (Å²) in [7, 11) is 2.02. The number of nitrogens with zero attached hydrogens (tertiary/aromatic N) is 1. The van der Waals surface area contributed by atoms with Gasteiger partial charge in [-0.1, -0.05) is 0 Å². The molecule has 2 N–H and O–H groups in total. The first-order valence-electron chi connectivity index (χ1n) is 6.76. The van der Waals surface area contributed by atoms with Crippen LogP contribution in [0.2, 0.25) is 0 Å². The number of nitrogens with one attached hydrogen (secondary N) is 2. The van der Waals surface area contributed by atoms with Crippen molar-refractivity contribution in [1.82, 2.24) is 4.90 Å². The van der Waals surface area contributed by atoms with Gasteiger partial charge in [0.1, 0.15) is 0 Å². The third-order valence-electron chi connectivity index (χ3n) is 3.58. The van der Waals surface area contributed by atoms with Crippen LogP contribution in [-0.4, -0.2) is 37.5 Å². The summed E-state index contributed by atoms with van der Waals surface area (Å²) < 4.78 is 38.6. The fourth-order valence-corrected chi connectivity index (χ4v) is 2.41. The lowest BCUT2D eigenvalue weighted by Gasteiger charge is -2.30. The number of carbonyl (C=O) groups excluding carboxylic acids is 1. The van der Waals surface area contributed by atoms with E-state index in [0.29, 0.717) is 12.1 Å². The molecule has 1 aromatic rings. The minimum atomic E-state index is -4.44. The van der Waals surface area contributed by atoms with Crippen LogP contribution in [0.1, 0.15) is 18.4 Å². The summed E-state index contributed by atoms with van der Waals surface area (Å²) in [4.78, 5) is 12.6. The minimum absolute atomic E-state index is 0.134. The number of benzene rings is 1. The van der Waals surface area contributed by atoms with Crippen molar-refractivity contribution in [2.75, 3.05) is 30.8 Å². The molecule has 0 aromatic heterocycles. The summed E-state index contributed by atoms with van der Waals surface area (Å²) in [6.07, 6.45) is -2.31. The zero-order valence-corrected chi connectivity index (χ0v) is 11.7. The number of alkyl halides is 3. The minimum Gasteiger partial charge on any atom is -0.382 e. The predicted octanol–water partition coefficient (Wildman–Crippen LogP) is 2.78. The molecule has 7 heteroatoms. The third kappa shape index (κ3) is 4.35. The number of halogens is 3. The van der Waals surface area contributed by atoms with Crippen LogP contribution in [0.25, 0.3) is 0 Å². The van der Waals surface area contributed by atoms with E-state index in [0.717, 1.165) is 38.1 Å². The molecular formula is C14H18F3N3O. The highest BCUT2D eigenvalue weighted by atomic mass is 19.4. The molecular weight excluding hydrogens is 283 g/mol. The van der Waals surface area contributed by atoms with Crippen LogP contribution in [0.3, 0.4) is 0 Å². The maximum atomic E-state index is 12.9. The van der Waals surface area contributed by atoms with Crippen LogP contribution < -0.4 is 10.6 Å². The Labute approximate surface area is 121 Å². The number of amides is 1. The smallest absolute Gasteiger partial charge is 0.382 e. The molecule has 0 atom stereocenters. The Kier molecular flexibility index (Phi) is 4.72. The molecule has 2 rings (SSSR count). The van der Waals surface area contributed by atoms with Crippen molar-refractivity contribution in [3.05, 3.63) is 23.8 Å². The van der Waals surface area contributed by atoms with Gasteiger partial charge in [0.05, 0.1) is 5.56 Å². The van der Waals surface area contributed by atoms with Crippen molar-refractivity contribution in [2.45, 2.75) is 25.1 Å². The van der Waals surface area contributed by atoms with E-state index in [1.165, 1.54) is 6.07 Å². The Morgan fingerprint density at radius 1 is 1.19 bits per heavy atom. The average Bonchev–Trinajstić information content (AvgIpc) is 2.41. The largest absolute Gasteiger partial charge is 0.416 e. The van der Waals surface area contributed by atoms with Crippen molar-refractivity contribution >= 4 is 17.8 Å². The number of hydrogen-bond acceptors (Lipinski definition) is 3. The maximum absolute atomic E-state index is 12.9. The first-order chi connectivity index (χ1) is 9.88. The normalized spacial score (nSPS) is 17.5. The number of anilines is 2. The molecule has 0 unspecified atom stereocenters. The second-order valence-corrected chi connectivity index (χ2v) is 5.28. The molecule has 0 aliphatic carbocycles. The molecule has 4 nitrogen and oxygen atoms in total. The molecule has 21 heavy (non-hydrogen) atoms. The van der Waals surface area contributed by atoms with Crippen molar-refractivity contribution < 1.29 is 18.0 Å². The van der Waals surface area contributed by atoms with Gasteiger partial charge in [-0.15, -0.1) is 0 Å². The van der Waals surface area contributed by atoms with Crippen LogP contribution in [-0.2, 0) is 11.0 Å². The second kappa shape index (κ2) is 6.34. The molecule has 1 heterocycles. The Bertz CT molecular complexity index is 497. The first-order valence-corrected chi connectivity index (χ1v) is 6.76. The average molecular weight is 301 g/mol. The van der Waals surface area contributed by atoms with Gasteiger partial charge in [0.25, 0.3) is 0 Å². The summed E-state index contributed by atoms with van der Waals surface area (Å²) in [6, 6.07) is 3.67. The number of carbonyl (C=O) groups is 1. The van der Waals surface area contributed by atoms with E-state index in [4.69, 9.17) is 0 Å². The van der Waals surface area contributed by atoms with Gasteiger partial charge in [-0.05, 0) is 51.2 Å². The van der Waals surface area contributed by atoms with Crippen molar-refractivity contribution in [3.8, 4) is 0 Å². The van der Waals surface area contributed by atoms with Gasteiger partial charge in [-0.25, -0.2) is 0 Å². The first kappa shape index (κ1) is 15.6. The van der Waals surface area contributed by atoms with Gasteiger partial charge >= 0.3 is 6.18 Å². The summed E-state index contributed by atoms with van der Waals surface area (Å²) in [6.45, 7) is 1.83. The highest BCUT2D eigenvalue weighted by Crippen LogP contribution is 2.33. The Morgan fingerprint density at radius 3 is 2.38 bits per heavy atom. The van der Waals surface area contributed by atoms with Crippen molar-refractivity contribution in [3.63, 3.8) is 0 Å². The topological polar surface area (TPSA) is 44.4 Å². The van der Waals surface area contributed by atoms with E-state index >= 15 is 0 Å². The zero-order chi connectivity index (χ0) is 15.5. The molecule has 1 saturated heterocycles. The molecule has 0 bridgehead atoms. The quantitative estimate of drug-likeness (QED) is 0.841. The van der Waals surface area contributed by atoms with Gasteiger partial charge < -0.3 is 15.5 Å². The predicted molar refractivity (Wildman–Crippen MR) is 75.3 cm³/mol. The van der Waals surface area contributed by atoms with Crippen LogP contribution in [0, 0.1) is 0 Å². The monoisotopic (exact) mass is 301 g/mol. The van der Waals surface area contributed by atoms with E-state index in [9.17, 15) is 18.0 Å². The molecule has 116 valence electrons. The molecule has 1 fully saturated rings. The Morgan fingerprint density at radius 2 is 1.81 bits per heavy atom. The van der Waals surface area contributed by atoms with E-state index in [1.54, 1.807) is 0 Å². The van der Waals surface area contributed by atoms with Gasteiger partial charge in [-0.2, -0.15) is 13.2 Å². The van der Waals surface area contributed by atoms with Crippen LogP contribution in [0.5, 0.6) is 0 Å². The Balaban J connectivity index is 2.17. The number of likely N-dealkylation sites (tertiary alicyclic amines) is 1. The van der Waals surface area contributed by atoms with Gasteiger partial charge in [-0.3, -0.25) is 4.79 Å². The summed E-state index contributed by atoms with van der Waals surface area (Å²) >= 11 is 0. The van der Waals surface area contributed by atoms with E-state index in [1.807, 2.05) is 7.05 Å². The summed E-state index contributed by atoms with van der Waals surface area (Å²) in [5.41, 5.74) is -0.260. The lowest BCUT2D eigenvalue weighted by atomic mass is 10.0. The highest BCUT2D eigenvalue weighted by molar-refractivity contribution is 5.74. The molecule has 1 amide bonds. The maximum Gasteiger partial charge on any atom is 0.416 e. The lowest BCUT2D eigenvalue weighted by molar-refractivity contribution is -0.137. The summed E-state index contributed by atoms with van der Waals surface area (Å²) in [5.74, 6) is 0. The molecule has 1 aromatic carbocycles. The highest BCUT2D eigenvalue weighted by Gasteiger charge is 2.31. The fourth-order valence-electron chi connectivity index (χ4n) is 2.41. The molecule has 1 aliphatic heterocycles. The fraction of sp³-hybridized carbons (Fsp3) is 0.500. The molecule has 0 saturated carbocycles. The van der Waals surface area contributed by atoms with Gasteiger partial charge in [0.15, 0.2) is 0 Å². The van der Waals surface area contributed by atoms with E-state index in [2.05, 4.69) is 15.5 Å². The van der Waals surface area contributed by atoms with Crippen LogP contribution in [0.4, 0.5) is 24.5 Å². The number of hydrogen-bond donors (Lipinski definition) is 2. The second-order valence-electron chi connectivity index (χ2n) is 5.28. The van der Waals surface area contributed by atoms with Gasteiger partial charge in [0, 0.05) is 17.4 Å². The molecule has 0 radical (unpaired) electrons. The third-order valence-corrected chi connectivity index (χ3v) is 3.58. The Hall–Kier alpha value is -1.76. The van der Waals surface area contributed by atoms with E-state index < -0.39 is 11.7 Å². The molecule has 1 aliphatic rings. The van der Waals surface area contributed by atoms with Crippen molar-refractivity contribution in [1.29, 1.82) is 0 Å². The SMILES string of the molecule is CN1CCC(Nc2cc(NC=O)cc(C(F)(F)F)c2)CC1. The van der Waals surface area contributed by atoms with Crippen LogP contribution in [0.15, 0.2) is 18.2 Å².